The number of alkyl halides is 3. The van der Waals surface area contributed by atoms with E-state index in [2.05, 4.69) is 10.8 Å². The summed E-state index contributed by atoms with van der Waals surface area (Å²) >= 11 is 6.07. The molecule has 6 nitrogen and oxygen atoms in total. The van der Waals surface area contributed by atoms with Gasteiger partial charge in [0.2, 0.25) is 11.5 Å². The Kier molecular flexibility index (Phi) is 5.76. The van der Waals surface area contributed by atoms with Crippen molar-refractivity contribution in [3.05, 3.63) is 69.6 Å². The number of ketones is 1. The molecule has 30 heavy (non-hydrogen) atoms. The molecule has 2 aromatic rings. The second-order valence-corrected chi connectivity index (χ2v) is 7.34. The van der Waals surface area contributed by atoms with E-state index in [4.69, 9.17) is 27.2 Å². The number of hydrogen-bond acceptors (Lipinski definition) is 4. The Hall–Kier alpha value is -3.07. The Morgan fingerprint density at radius 3 is 2.63 bits per heavy atom. The highest BCUT2D eigenvalue weighted by molar-refractivity contribution is 6.30. The molecule has 0 saturated heterocycles. The normalized spacial score (nSPS) is 15.2. The Bertz CT molecular complexity index is 1100. The topological polar surface area (TPSA) is 91.2 Å². The molecule has 2 heterocycles. The number of hydrogen-bond donors (Lipinski definition) is 1. The van der Waals surface area contributed by atoms with E-state index >= 15 is 0 Å². The number of likely N-dealkylation sites (N-methyl/N-ethyl adjacent to an activating group) is 1. The number of allylic oxidation sites excluding steroid dienone is 2. The van der Waals surface area contributed by atoms with Gasteiger partial charge in [-0.2, -0.15) is 13.2 Å². The van der Waals surface area contributed by atoms with Crippen LogP contribution in [0, 0.1) is 0 Å². The van der Waals surface area contributed by atoms with Crippen molar-refractivity contribution in [1.29, 1.82) is 0 Å². The summed E-state index contributed by atoms with van der Waals surface area (Å²) in [6.07, 6.45) is -0.369. The average molecular weight is 440 g/mol. The van der Waals surface area contributed by atoms with Gasteiger partial charge in [0.25, 0.3) is 0 Å². The number of nitrogens with zero attached hydrogens (tertiary/aromatic N) is 2. The highest BCUT2D eigenvalue weighted by atomic mass is 35.5. The van der Waals surface area contributed by atoms with Crippen molar-refractivity contribution in [2.45, 2.75) is 19.1 Å². The van der Waals surface area contributed by atoms with Crippen LogP contribution < -0.4 is 10.8 Å². The lowest BCUT2D eigenvalue weighted by Crippen LogP contribution is -2.37. The molecule has 0 atom stereocenters. The van der Waals surface area contributed by atoms with Crippen molar-refractivity contribution in [2.24, 2.45) is 5.73 Å². The van der Waals surface area contributed by atoms with Crippen LogP contribution in [0.4, 0.5) is 13.2 Å². The Morgan fingerprint density at radius 2 is 2.03 bits per heavy atom. The summed E-state index contributed by atoms with van der Waals surface area (Å²) < 4.78 is 35.7. The molecule has 1 aromatic carbocycles. The number of halogens is 4. The van der Waals surface area contributed by atoms with Crippen molar-refractivity contribution in [3.63, 3.8) is 0 Å². The van der Waals surface area contributed by atoms with Crippen molar-refractivity contribution >= 4 is 29.1 Å². The minimum atomic E-state index is -5.19. The van der Waals surface area contributed by atoms with E-state index in [0.717, 1.165) is 29.8 Å². The predicted molar refractivity (Wildman–Crippen MR) is 102 cm³/mol. The maximum absolute atomic E-state index is 12.6. The van der Waals surface area contributed by atoms with Gasteiger partial charge in [0.15, 0.2) is 0 Å². The van der Waals surface area contributed by atoms with Gasteiger partial charge < -0.3 is 20.2 Å². The zero-order chi connectivity index (χ0) is 22.2. The molecule has 0 radical (unpaired) electrons. The standard InChI is InChI=1S/C18H16ClN3O.C2HF3O2/c1-21-6-5-12-10-22(9-11-3-2-4-13(19)7-11)17-16(12)15(21)8-14(20)18(17)23;3-2(4,5)1(6)7/h2-4,7-8,10,20H,5-6,9H2,1H3;(H,6,7). The molecule has 1 aliphatic carbocycles. The number of Topliss-reactive ketones (excluding diaryl/α,β-unsaturated/α-hetero) is 1. The number of rotatable bonds is 2. The first-order valence-electron chi connectivity index (χ1n) is 8.84. The van der Waals surface area contributed by atoms with Crippen molar-refractivity contribution < 1.29 is 32.4 Å². The number of benzene rings is 1. The van der Waals surface area contributed by atoms with Crippen LogP contribution >= 0.6 is 11.6 Å². The first kappa shape index (κ1) is 21.6. The number of carbonyl (C=O) groups excluding carboxylic acids is 2. The van der Waals surface area contributed by atoms with Gasteiger partial charge in [0.1, 0.15) is 25.3 Å². The number of aromatic nitrogens is 1. The lowest BCUT2D eigenvalue weighted by molar-refractivity contribution is -0.497. The van der Waals surface area contributed by atoms with E-state index in [1.807, 2.05) is 35.9 Å². The van der Waals surface area contributed by atoms with E-state index in [1.54, 1.807) is 6.08 Å². The number of carbonyl (C=O) groups is 2. The molecule has 10 heteroatoms. The van der Waals surface area contributed by atoms with Gasteiger partial charge in [-0.1, -0.05) is 23.7 Å². The van der Waals surface area contributed by atoms with Crippen LogP contribution in [-0.2, 0) is 17.8 Å². The van der Waals surface area contributed by atoms with Crippen molar-refractivity contribution in [3.8, 4) is 0 Å². The smallest absolute Gasteiger partial charge is 0.430 e. The van der Waals surface area contributed by atoms with Gasteiger partial charge in [0.05, 0.1) is 11.3 Å². The molecular formula is C20H17ClF3N3O3. The number of carboxylic acids is 1. The van der Waals surface area contributed by atoms with E-state index in [1.165, 1.54) is 5.56 Å². The summed E-state index contributed by atoms with van der Waals surface area (Å²) in [5.41, 5.74) is 11.3. The molecule has 0 spiro atoms. The Balaban J connectivity index is 0.000000318. The molecular weight excluding hydrogens is 423 g/mol. The summed E-state index contributed by atoms with van der Waals surface area (Å²) in [5.74, 6) is -3.10. The quantitative estimate of drug-likeness (QED) is 0.718. The van der Waals surface area contributed by atoms with E-state index in [9.17, 15) is 18.0 Å². The lowest BCUT2D eigenvalue weighted by atomic mass is 9.92. The first-order valence-corrected chi connectivity index (χ1v) is 9.21. The molecule has 4 rings (SSSR count). The van der Waals surface area contributed by atoms with Crippen molar-refractivity contribution in [2.75, 3.05) is 13.6 Å². The molecule has 1 aliphatic heterocycles. The molecule has 0 amide bonds. The second-order valence-electron chi connectivity index (χ2n) is 6.91. The molecule has 0 unspecified atom stereocenters. The molecule has 1 aromatic heterocycles. The maximum Gasteiger partial charge on any atom is 0.430 e. The predicted octanol–water partition coefficient (Wildman–Crippen LogP) is 1.51. The van der Waals surface area contributed by atoms with Crippen LogP contribution in [0.1, 0.15) is 27.2 Å². The van der Waals surface area contributed by atoms with Gasteiger partial charge >= 0.3 is 6.18 Å². The molecule has 2 aliphatic rings. The zero-order valence-corrected chi connectivity index (χ0v) is 16.5. The van der Waals surface area contributed by atoms with Crippen LogP contribution in [0.2, 0.25) is 5.02 Å². The SMILES string of the molecule is C[N+]1=C2C=C(N)C(=O)c3c2c(cn3Cc2cccc(Cl)c2)CC1.O=C([O-])C(F)(F)F. The number of nitrogens with two attached hydrogens (primary N) is 1. The molecule has 0 fully saturated rings. The van der Waals surface area contributed by atoms with Gasteiger partial charge in [-0.3, -0.25) is 4.79 Å². The van der Waals surface area contributed by atoms with E-state index in [-0.39, 0.29) is 5.78 Å². The number of aliphatic carboxylic acids is 1. The zero-order valence-electron chi connectivity index (χ0n) is 15.8. The summed E-state index contributed by atoms with van der Waals surface area (Å²) in [4.78, 5) is 21.4. The third-order valence-corrected chi connectivity index (χ3v) is 5.02. The summed E-state index contributed by atoms with van der Waals surface area (Å²) in [6.45, 7) is 1.54. The molecule has 2 N–H and O–H groups in total. The van der Waals surface area contributed by atoms with Crippen LogP contribution in [0.15, 0.2) is 42.2 Å². The minimum absolute atomic E-state index is 0.0904. The van der Waals surface area contributed by atoms with Gasteiger partial charge in [0, 0.05) is 30.3 Å². The van der Waals surface area contributed by atoms with E-state index < -0.39 is 12.1 Å². The monoisotopic (exact) mass is 439 g/mol. The third-order valence-electron chi connectivity index (χ3n) is 4.78. The van der Waals surface area contributed by atoms with Gasteiger partial charge in [-0.25, -0.2) is 4.58 Å². The van der Waals surface area contributed by atoms with Crippen LogP contribution in [0.3, 0.4) is 0 Å². The third kappa shape index (κ3) is 4.25. The fourth-order valence-corrected chi connectivity index (χ4v) is 3.63. The van der Waals surface area contributed by atoms with E-state index in [0.29, 0.717) is 23.0 Å². The minimum Gasteiger partial charge on any atom is -0.542 e. The highest BCUT2D eigenvalue weighted by Gasteiger charge is 2.36. The molecule has 158 valence electrons. The van der Waals surface area contributed by atoms with Crippen LogP contribution in [0.5, 0.6) is 0 Å². The molecule has 0 bridgehead atoms. The summed E-state index contributed by atoms with van der Waals surface area (Å²) in [6, 6.07) is 7.72. The van der Waals surface area contributed by atoms with Crippen LogP contribution in [-0.4, -0.2) is 46.4 Å². The van der Waals surface area contributed by atoms with Crippen molar-refractivity contribution in [1.82, 2.24) is 4.57 Å². The lowest BCUT2D eigenvalue weighted by Gasteiger charge is -2.17. The fourth-order valence-electron chi connectivity index (χ4n) is 3.42. The molecule has 0 saturated carbocycles. The van der Waals surface area contributed by atoms with Crippen LogP contribution in [0.25, 0.3) is 0 Å². The Labute approximate surface area is 174 Å². The average Bonchev–Trinajstić information content (AvgIpc) is 3.01. The Morgan fingerprint density at radius 1 is 1.37 bits per heavy atom. The fraction of sp³-hybridized carbons (Fsp3) is 0.250. The number of carboxylic acid groups (broad SMARTS) is 1. The summed E-state index contributed by atoms with van der Waals surface area (Å²) in [5, 5.41) is 9.48. The second kappa shape index (κ2) is 7.98. The van der Waals surface area contributed by atoms with Gasteiger partial charge in [-0.05, 0) is 23.3 Å². The first-order chi connectivity index (χ1) is 14.0. The van der Waals surface area contributed by atoms with Gasteiger partial charge in [-0.15, -0.1) is 0 Å². The maximum atomic E-state index is 12.6. The highest BCUT2D eigenvalue weighted by Crippen LogP contribution is 2.29. The summed E-state index contributed by atoms with van der Waals surface area (Å²) in [7, 11) is 2.04. The largest absolute Gasteiger partial charge is 0.542 e.